The summed E-state index contributed by atoms with van der Waals surface area (Å²) in [6.45, 7) is 2.37. The van der Waals surface area contributed by atoms with Crippen molar-refractivity contribution in [3.05, 3.63) is 23.0 Å². The Morgan fingerprint density at radius 3 is 2.86 bits per heavy atom. The molecule has 3 nitrogen and oxygen atoms in total. The number of hydrogen-bond donors (Lipinski definition) is 1. The molecule has 1 aromatic carbocycles. The predicted octanol–water partition coefficient (Wildman–Crippen LogP) is 2.78. The van der Waals surface area contributed by atoms with Gasteiger partial charge in [0, 0.05) is 6.07 Å². The number of nitrogen functional groups attached to an aromatic ring is 1. The molecule has 0 aromatic heterocycles. The van der Waals surface area contributed by atoms with Crippen LogP contribution in [0.15, 0.2) is 12.1 Å². The van der Waals surface area contributed by atoms with E-state index in [0.29, 0.717) is 6.61 Å². The van der Waals surface area contributed by atoms with Crippen LogP contribution in [0.3, 0.4) is 0 Å². The van der Waals surface area contributed by atoms with Crippen LogP contribution in [-0.4, -0.2) is 6.61 Å². The second kappa shape index (κ2) is 5.02. The van der Waals surface area contributed by atoms with E-state index in [4.69, 9.17) is 27.1 Å². The molecule has 0 spiro atoms. The number of anilines is 1. The van der Waals surface area contributed by atoms with E-state index >= 15 is 0 Å². The van der Waals surface area contributed by atoms with Crippen LogP contribution in [0.5, 0.6) is 5.75 Å². The first-order valence-electron chi connectivity index (χ1n) is 4.19. The van der Waals surface area contributed by atoms with Gasteiger partial charge < -0.3 is 10.6 Å². The van der Waals surface area contributed by atoms with Crippen molar-refractivity contribution in [2.24, 2.45) is 0 Å². The van der Waals surface area contributed by atoms with Gasteiger partial charge in [-0.1, -0.05) is 18.5 Å². The fourth-order valence-corrected chi connectivity index (χ4v) is 0.979. The van der Waals surface area contributed by atoms with Gasteiger partial charge in [-0.2, -0.15) is 4.89 Å². The van der Waals surface area contributed by atoms with Gasteiger partial charge in [0.25, 0.3) is 0 Å². The zero-order chi connectivity index (χ0) is 10.6. The van der Waals surface area contributed by atoms with Crippen molar-refractivity contribution < 1.29 is 14.2 Å². The quantitative estimate of drug-likeness (QED) is 0.367. The highest BCUT2D eigenvalue weighted by Gasteiger charge is 2.08. The highest BCUT2D eigenvalue weighted by molar-refractivity contribution is 6.32. The van der Waals surface area contributed by atoms with Crippen molar-refractivity contribution in [2.45, 2.75) is 13.3 Å². The van der Waals surface area contributed by atoms with Gasteiger partial charge in [-0.15, -0.1) is 0 Å². The average molecular weight is 220 g/mol. The summed E-state index contributed by atoms with van der Waals surface area (Å²) in [5.41, 5.74) is 5.30. The monoisotopic (exact) mass is 219 g/mol. The van der Waals surface area contributed by atoms with E-state index in [1.165, 1.54) is 6.07 Å². The van der Waals surface area contributed by atoms with Gasteiger partial charge in [0.05, 0.1) is 17.3 Å². The standard InChI is InChI=1S/C9H11ClFNO2/c1-2-3-13-14-9-5-8(12)7(11)4-6(9)10/h4-5H,2-3,12H2,1H3. The summed E-state index contributed by atoms with van der Waals surface area (Å²) in [5, 5.41) is 0.132. The number of halogens is 2. The first-order valence-corrected chi connectivity index (χ1v) is 4.57. The zero-order valence-corrected chi connectivity index (χ0v) is 8.47. The second-order valence-corrected chi connectivity index (χ2v) is 3.12. The molecule has 5 heteroatoms. The van der Waals surface area contributed by atoms with Gasteiger partial charge in [0.15, 0.2) is 5.75 Å². The Morgan fingerprint density at radius 1 is 1.50 bits per heavy atom. The van der Waals surface area contributed by atoms with E-state index in [0.717, 1.165) is 12.5 Å². The van der Waals surface area contributed by atoms with E-state index in [9.17, 15) is 4.39 Å². The molecule has 0 fully saturated rings. The highest BCUT2D eigenvalue weighted by Crippen LogP contribution is 2.28. The fourth-order valence-electron chi connectivity index (χ4n) is 0.797. The van der Waals surface area contributed by atoms with Crippen molar-refractivity contribution >= 4 is 17.3 Å². The third-order valence-corrected chi connectivity index (χ3v) is 1.78. The minimum atomic E-state index is -0.571. The van der Waals surface area contributed by atoms with E-state index in [1.807, 2.05) is 6.92 Å². The van der Waals surface area contributed by atoms with Gasteiger partial charge in [-0.25, -0.2) is 4.39 Å². The first kappa shape index (κ1) is 11.1. The summed E-state index contributed by atoms with van der Waals surface area (Å²) in [6.07, 6.45) is 0.814. The summed E-state index contributed by atoms with van der Waals surface area (Å²) in [4.78, 5) is 9.62. The topological polar surface area (TPSA) is 44.5 Å². The van der Waals surface area contributed by atoms with Gasteiger partial charge in [-0.3, -0.25) is 0 Å². The highest BCUT2D eigenvalue weighted by atomic mass is 35.5. The Balaban J connectivity index is 2.72. The Bertz CT molecular complexity index is 320. The molecule has 14 heavy (non-hydrogen) atoms. The SMILES string of the molecule is CCCOOc1cc(N)c(F)cc1Cl. The molecule has 0 aliphatic heterocycles. The van der Waals surface area contributed by atoms with Gasteiger partial charge in [-0.05, 0) is 12.5 Å². The Hall–Kier alpha value is -1.00. The van der Waals surface area contributed by atoms with Crippen molar-refractivity contribution in [1.29, 1.82) is 0 Å². The second-order valence-electron chi connectivity index (χ2n) is 2.71. The number of benzene rings is 1. The maximum Gasteiger partial charge on any atom is 0.186 e. The lowest BCUT2D eigenvalue weighted by Gasteiger charge is -2.06. The van der Waals surface area contributed by atoms with Crippen molar-refractivity contribution in [3.63, 3.8) is 0 Å². The minimum Gasteiger partial charge on any atom is -0.396 e. The van der Waals surface area contributed by atoms with Crippen molar-refractivity contribution in [2.75, 3.05) is 12.3 Å². The lowest BCUT2D eigenvalue weighted by atomic mass is 10.3. The fraction of sp³-hybridized carbons (Fsp3) is 0.333. The maximum atomic E-state index is 12.8. The van der Waals surface area contributed by atoms with Crippen LogP contribution in [-0.2, 0) is 4.89 Å². The Morgan fingerprint density at radius 2 is 2.21 bits per heavy atom. The van der Waals surface area contributed by atoms with Crippen LogP contribution in [0.25, 0.3) is 0 Å². The van der Waals surface area contributed by atoms with Crippen molar-refractivity contribution in [1.82, 2.24) is 0 Å². The van der Waals surface area contributed by atoms with Crippen LogP contribution >= 0.6 is 11.6 Å². The minimum absolute atomic E-state index is 0.0236. The molecule has 0 unspecified atom stereocenters. The molecule has 0 amide bonds. The molecule has 0 saturated heterocycles. The van der Waals surface area contributed by atoms with Crippen molar-refractivity contribution in [3.8, 4) is 5.75 Å². The Labute approximate surface area is 86.5 Å². The van der Waals surface area contributed by atoms with Crippen LogP contribution in [0.4, 0.5) is 10.1 Å². The summed E-state index contributed by atoms with van der Waals surface area (Å²) < 4.78 is 12.8. The van der Waals surface area contributed by atoms with Crippen LogP contribution in [0.1, 0.15) is 13.3 Å². The summed E-state index contributed by atoms with van der Waals surface area (Å²) in [7, 11) is 0. The first-order chi connectivity index (χ1) is 6.65. The van der Waals surface area contributed by atoms with Crippen LogP contribution in [0.2, 0.25) is 5.02 Å². The molecule has 2 N–H and O–H groups in total. The molecule has 0 aliphatic carbocycles. The molecule has 0 atom stereocenters. The maximum absolute atomic E-state index is 12.8. The summed E-state index contributed by atoms with van der Waals surface area (Å²) in [6, 6.07) is 2.37. The molecule has 0 radical (unpaired) electrons. The van der Waals surface area contributed by atoms with Gasteiger partial charge >= 0.3 is 0 Å². The van der Waals surface area contributed by atoms with E-state index in [2.05, 4.69) is 0 Å². The molecule has 0 aliphatic rings. The van der Waals surface area contributed by atoms with E-state index in [1.54, 1.807) is 0 Å². The largest absolute Gasteiger partial charge is 0.396 e. The van der Waals surface area contributed by atoms with E-state index in [-0.39, 0.29) is 16.5 Å². The lowest BCUT2D eigenvalue weighted by molar-refractivity contribution is -0.206. The third-order valence-electron chi connectivity index (χ3n) is 1.49. The summed E-state index contributed by atoms with van der Waals surface area (Å²) >= 11 is 5.68. The molecule has 78 valence electrons. The number of nitrogens with two attached hydrogens (primary N) is 1. The molecule has 1 rings (SSSR count). The zero-order valence-electron chi connectivity index (χ0n) is 7.72. The number of rotatable bonds is 4. The molecular formula is C9H11ClFNO2. The molecule has 0 saturated carbocycles. The smallest absolute Gasteiger partial charge is 0.186 e. The molecule has 1 aromatic rings. The summed E-state index contributed by atoms with van der Waals surface area (Å²) in [5.74, 6) is -0.350. The molecular weight excluding hydrogens is 209 g/mol. The van der Waals surface area contributed by atoms with E-state index < -0.39 is 5.82 Å². The van der Waals surface area contributed by atoms with Gasteiger partial charge in [0.2, 0.25) is 0 Å². The normalized spacial score (nSPS) is 10.2. The predicted molar refractivity (Wildman–Crippen MR) is 52.7 cm³/mol. The molecule has 0 heterocycles. The molecule has 0 bridgehead atoms. The lowest BCUT2D eigenvalue weighted by Crippen LogP contribution is -2.00. The van der Waals surface area contributed by atoms with Gasteiger partial charge in [0.1, 0.15) is 5.82 Å². The van der Waals surface area contributed by atoms with Crippen LogP contribution < -0.4 is 10.6 Å². The van der Waals surface area contributed by atoms with Crippen LogP contribution in [0, 0.1) is 5.82 Å². The average Bonchev–Trinajstić information content (AvgIpc) is 2.14. The number of hydrogen-bond acceptors (Lipinski definition) is 3. The third kappa shape index (κ3) is 2.75. The Kier molecular flexibility index (Phi) is 3.98.